The molecule has 13 heavy (non-hydrogen) atoms. The van der Waals surface area contributed by atoms with Crippen molar-refractivity contribution in [2.24, 2.45) is 10.3 Å². The van der Waals surface area contributed by atoms with Crippen LogP contribution in [0.5, 0.6) is 0 Å². The van der Waals surface area contributed by atoms with Crippen molar-refractivity contribution in [2.75, 3.05) is 14.2 Å². The summed E-state index contributed by atoms with van der Waals surface area (Å²) in [7, 11) is 2.82. The third kappa shape index (κ3) is 1.68. The maximum Gasteiger partial charge on any atom is 0.298 e. The number of hydrogen-bond acceptors (Lipinski definition) is 6. The lowest BCUT2D eigenvalue weighted by molar-refractivity contribution is -0.133. The van der Waals surface area contributed by atoms with Crippen molar-refractivity contribution in [3.05, 3.63) is 11.8 Å². The largest absolute Gasteiger partial charge is 0.477 e. The highest BCUT2D eigenvalue weighted by atomic mass is 16.5. The minimum absolute atomic E-state index is 0.149. The van der Waals surface area contributed by atoms with Gasteiger partial charge in [-0.25, -0.2) is 0 Å². The van der Waals surface area contributed by atoms with E-state index in [-0.39, 0.29) is 17.7 Å². The smallest absolute Gasteiger partial charge is 0.298 e. The number of ether oxygens (including phenoxy) is 2. The molecule has 7 nitrogen and oxygen atoms in total. The van der Waals surface area contributed by atoms with Crippen molar-refractivity contribution < 1.29 is 14.3 Å². The summed E-state index contributed by atoms with van der Waals surface area (Å²) in [5, 5.41) is 8.12. The van der Waals surface area contributed by atoms with Crippen molar-refractivity contribution in [1.29, 1.82) is 0 Å². The average Bonchev–Trinajstić information content (AvgIpc) is 2.16. The zero-order valence-corrected chi connectivity index (χ0v) is 7.57. The van der Waals surface area contributed by atoms with Crippen LogP contribution in [-0.4, -0.2) is 25.1 Å². The van der Waals surface area contributed by atoms with Crippen LogP contribution in [0.3, 0.4) is 0 Å². The van der Waals surface area contributed by atoms with E-state index in [0.717, 1.165) is 5.01 Å². The summed E-state index contributed by atoms with van der Waals surface area (Å²) in [4.78, 5) is 11.0. The molecular weight excluding hydrogens is 176 g/mol. The molecule has 0 aromatic heterocycles. The zero-order chi connectivity index (χ0) is 9.84. The predicted octanol–water partition coefficient (Wildman–Crippen LogP) is 0.140. The van der Waals surface area contributed by atoms with Gasteiger partial charge in [-0.05, 0) is 5.22 Å². The lowest BCUT2D eigenvalue weighted by Gasteiger charge is -2.23. The lowest BCUT2D eigenvalue weighted by atomic mass is 10.6. The Morgan fingerprint density at radius 3 is 2.62 bits per heavy atom. The van der Waals surface area contributed by atoms with Crippen molar-refractivity contribution in [3.8, 4) is 0 Å². The Balaban J connectivity index is 2.97. The predicted molar refractivity (Wildman–Crippen MR) is 41.6 cm³/mol. The van der Waals surface area contributed by atoms with Gasteiger partial charge in [0.2, 0.25) is 5.91 Å². The van der Waals surface area contributed by atoms with Gasteiger partial charge in [0.1, 0.15) is 0 Å². The topological polar surface area (TPSA) is 75.5 Å². The van der Waals surface area contributed by atoms with E-state index in [2.05, 4.69) is 15.9 Å². The highest BCUT2D eigenvalue weighted by Gasteiger charge is 2.23. The molecule has 1 N–H and O–H groups in total. The van der Waals surface area contributed by atoms with Crippen LogP contribution >= 0.6 is 0 Å². The maximum atomic E-state index is 11.0. The first-order valence-electron chi connectivity index (χ1n) is 3.50. The highest BCUT2D eigenvalue weighted by molar-refractivity contribution is 5.74. The molecule has 0 spiro atoms. The normalized spacial score (nSPS) is 15.5. The number of carbonyl (C=O) groups excluding carboxylic acids is 1. The molecule has 0 aliphatic carbocycles. The number of nitrogens with one attached hydrogen (secondary N) is 1. The molecule has 0 aromatic rings. The second kappa shape index (κ2) is 3.74. The molecule has 0 radical (unpaired) electrons. The minimum Gasteiger partial charge on any atom is -0.477 e. The monoisotopic (exact) mass is 186 g/mol. The van der Waals surface area contributed by atoms with Crippen LogP contribution in [0.15, 0.2) is 22.1 Å². The Labute approximate surface area is 75.0 Å². The molecule has 0 saturated carbocycles. The number of hydrogen-bond donors (Lipinski definition) is 1. The van der Waals surface area contributed by atoms with Gasteiger partial charge >= 0.3 is 0 Å². The number of rotatable bonds is 2. The fraction of sp³-hybridized carbons (Fsp3) is 0.500. The van der Waals surface area contributed by atoms with Gasteiger partial charge in [-0.2, -0.15) is 10.5 Å². The van der Waals surface area contributed by atoms with E-state index in [1.165, 1.54) is 21.1 Å². The van der Waals surface area contributed by atoms with Crippen LogP contribution in [0, 0.1) is 0 Å². The SMILES string of the molecule is COC1=C(OC)N(C(C)=O)NN=N1. The second-order valence-corrected chi connectivity index (χ2v) is 2.17. The molecule has 1 rings (SSSR count). The summed E-state index contributed by atoms with van der Waals surface area (Å²) in [5.41, 5.74) is 2.36. The van der Waals surface area contributed by atoms with Crippen LogP contribution < -0.4 is 5.53 Å². The Kier molecular flexibility index (Phi) is 2.68. The van der Waals surface area contributed by atoms with Crippen LogP contribution in [0.1, 0.15) is 6.92 Å². The van der Waals surface area contributed by atoms with Crippen LogP contribution in [0.2, 0.25) is 0 Å². The number of amides is 1. The molecule has 0 bridgehead atoms. The Morgan fingerprint density at radius 1 is 1.46 bits per heavy atom. The summed E-state index contributed by atoms with van der Waals surface area (Å²) < 4.78 is 9.75. The molecular formula is C6H10N4O3. The van der Waals surface area contributed by atoms with Gasteiger partial charge in [0.15, 0.2) is 0 Å². The summed E-state index contributed by atoms with van der Waals surface area (Å²) in [6.07, 6.45) is 0. The molecule has 0 saturated heterocycles. The Morgan fingerprint density at radius 2 is 2.15 bits per heavy atom. The first kappa shape index (κ1) is 9.30. The van der Waals surface area contributed by atoms with E-state index >= 15 is 0 Å². The number of nitrogens with zero attached hydrogens (tertiary/aromatic N) is 3. The second-order valence-electron chi connectivity index (χ2n) is 2.17. The van der Waals surface area contributed by atoms with E-state index in [4.69, 9.17) is 9.47 Å². The van der Waals surface area contributed by atoms with E-state index in [0.29, 0.717) is 0 Å². The third-order valence-corrected chi connectivity index (χ3v) is 1.37. The third-order valence-electron chi connectivity index (χ3n) is 1.37. The van der Waals surface area contributed by atoms with Gasteiger partial charge in [-0.3, -0.25) is 4.79 Å². The van der Waals surface area contributed by atoms with Gasteiger partial charge in [-0.1, -0.05) is 5.11 Å². The number of methoxy groups -OCH3 is 2. The van der Waals surface area contributed by atoms with Gasteiger partial charge in [0.05, 0.1) is 14.2 Å². The van der Waals surface area contributed by atoms with Crippen LogP contribution in [0.4, 0.5) is 0 Å². The molecule has 0 atom stereocenters. The fourth-order valence-corrected chi connectivity index (χ4v) is 0.816. The molecule has 0 unspecified atom stereocenters. The molecule has 72 valence electrons. The standard InChI is InChI=1S/C6H10N4O3/c1-4(11)10-6(13-3)5(12-2)7-8-9-10/h1-3H3,(H,7,9). The molecule has 1 amide bonds. The van der Waals surface area contributed by atoms with Gasteiger partial charge in [0, 0.05) is 6.92 Å². The van der Waals surface area contributed by atoms with E-state index in [1.54, 1.807) is 0 Å². The van der Waals surface area contributed by atoms with Crippen molar-refractivity contribution in [3.63, 3.8) is 0 Å². The molecule has 0 aromatic carbocycles. The van der Waals surface area contributed by atoms with Crippen molar-refractivity contribution >= 4 is 5.91 Å². The molecule has 1 heterocycles. The molecule has 1 aliphatic rings. The van der Waals surface area contributed by atoms with Crippen molar-refractivity contribution in [1.82, 2.24) is 10.5 Å². The lowest BCUT2D eigenvalue weighted by Crippen LogP contribution is -2.40. The average molecular weight is 186 g/mol. The molecule has 1 aliphatic heterocycles. The van der Waals surface area contributed by atoms with E-state index in [9.17, 15) is 4.79 Å². The quantitative estimate of drug-likeness (QED) is 0.665. The summed E-state index contributed by atoms with van der Waals surface area (Å²) in [6.45, 7) is 1.36. The molecule has 0 fully saturated rings. The summed E-state index contributed by atoms with van der Waals surface area (Å²) >= 11 is 0. The van der Waals surface area contributed by atoms with E-state index < -0.39 is 0 Å². The Hall–Kier alpha value is -1.79. The fourth-order valence-electron chi connectivity index (χ4n) is 0.816. The van der Waals surface area contributed by atoms with Crippen molar-refractivity contribution in [2.45, 2.75) is 6.92 Å². The van der Waals surface area contributed by atoms with Gasteiger partial charge in [0.25, 0.3) is 11.8 Å². The van der Waals surface area contributed by atoms with E-state index in [1.807, 2.05) is 0 Å². The zero-order valence-electron chi connectivity index (χ0n) is 7.57. The first-order chi connectivity index (χ1) is 6.20. The summed E-state index contributed by atoms with van der Waals surface area (Å²) in [5.74, 6) is 0.0616. The minimum atomic E-state index is -0.273. The summed E-state index contributed by atoms with van der Waals surface area (Å²) in [6, 6.07) is 0. The Bertz CT molecular complexity index is 273. The highest BCUT2D eigenvalue weighted by Crippen LogP contribution is 2.15. The first-order valence-corrected chi connectivity index (χ1v) is 3.50. The van der Waals surface area contributed by atoms with Crippen LogP contribution in [0.25, 0.3) is 0 Å². The van der Waals surface area contributed by atoms with Gasteiger partial charge in [-0.15, -0.1) is 0 Å². The van der Waals surface area contributed by atoms with Gasteiger partial charge < -0.3 is 9.47 Å². The molecule has 7 heteroatoms. The maximum absolute atomic E-state index is 11.0. The number of hydrazine groups is 1. The van der Waals surface area contributed by atoms with Crippen LogP contribution in [-0.2, 0) is 14.3 Å². The number of carbonyl (C=O) groups is 1.